The highest BCUT2D eigenvalue weighted by Gasteiger charge is 2.35. The van der Waals surface area contributed by atoms with E-state index in [2.05, 4.69) is 0 Å². The number of carbonyl (C=O) groups is 3. The Morgan fingerprint density at radius 1 is 1.03 bits per heavy atom. The zero-order valence-corrected chi connectivity index (χ0v) is 20.3. The van der Waals surface area contributed by atoms with Crippen LogP contribution in [0.1, 0.15) is 25.0 Å². The Kier molecular flexibility index (Phi) is 8.66. The molecule has 1 aliphatic heterocycles. The molecule has 3 rings (SSSR count). The average molecular weight is 510 g/mol. The molecule has 174 valence electrons. The molecule has 0 atom stereocenters. The number of benzene rings is 2. The van der Waals surface area contributed by atoms with E-state index in [0.29, 0.717) is 39.3 Å². The Morgan fingerprint density at radius 2 is 1.76 bits per heavy atom. The van der Waals surface area contributed by atoms with Crippen molar-refractivity contribution in [3.63, 3.8) is 0 Å². The van der Waals surface area contributed by atoms with Crippen molar-refractivity contribution in [3.8, 4) is 11.5 Å². The van der Waals surface area contributed by atoms with Gasteiger partial charge in [-0.2, -0.15) is 0 Å². The van der Waals surface area contributed by atoms with Crippen LogP contribution in [-0.2, 0) is 20.9 Å². The van der Waals surface area contributed by atoms with Gasteiger partial charge in [0.2, 0.25) is 0 Å². The van der Waals surface area contributed by atoms with E-state index in [1.54, 1.807) is 49.4 Å². The summed E-state index contributed by atoms with van der Waals surface area (Å²) in [6.07, 6.45) is 1.59. The molecule has 1 aliphatic rings. The summed E-state index contributed by atoms with van der Waals surface area (Å²) >= 11 is 13.2. The Morgan fingerprint density at radius 3 is 2.42 bits per heavy atom. The lowest BCUT2D eigenvalue weighted by molar-refractivity contribution is -0.145. The quantitative estimate of drug-likeness (QED) is 0.322. The van der Waals surface area contributed by atoms with Gasteiger partial charge in [0, 0.05) is 15.6 Å². The van der Waals surface area contributed by atoms with Gasteiger partial charge >= 0.3 is 5.97 Å². The first-order chi connectivity index (χ1) is 15.8. The van der Waals surface area contributed by atoms with Crippen molar-refractivity contribution in [1.82, 2.24) is 4.90 Å². The molecule has 0 radical (unpaired) electrons. The van der Waals surface area contributed by atoms with Gasteiger partial charge in [-0.05, 0) is 61.5 Å². The number of thioether (sulfide) groups is 1. The minimum Gasteiger partial charge on any atom is -0.490 e. The molecule has 10 heteroatoms. The lowest BCUT2D eigenvalue weighted by atomic mass is 10.1. The van der Waals surface area contributed by atoms with Gasteiger partial charge in [0.05, 0.1) is 24.7 Å². The second-order valence-corrected chi connectivity index (χ2v) is 8.51. The molecule has 2 amide bonds. The number of rotatable bonds is 9. The second-order valence-electron chi connectivity index (χ2n) is 6.70. The van der Waals surface area contributed by atoms with E-state index >= 15 is 0 Å². The molecule has 7 nitrogen and oxygen atoms in total. The Bertz CT molecular complexity index is 1080. The average Bonchev–Trinajstić information content (AvgIpc) is 3.03. The SMILES string of the molecule is CCOC(=O)COc1ccc(/C=C2\SC(=O)N(Cc3c(Cl)cccc3Cl)C2=O)cc1OCC. The molecule has 0 unspecified atom stereocenters. The minimum atomic E-state index is -0.490. The molecule has 33 heavy (non-hydrogen) atoms. The van der Waals surface area contributed by atoms with Crippen LogP contribution in [0, 0.1) is 0 Å². The number of nitrogens with zero attached hydrogens (tertiary/aromatic N) is 1. The molecular formula is C23H21Cl2NO6S. The fourth-order valence-corrected chi connectivity index (χ4v) is 4.33. The highest BCUT2D eigenvalue weighted by molar-refractivity contribution is 8.18. The van der Waals surface area contributed by atoms with E-state index in [1.807, 2.05) is 6.92 Å². The number of hydrogen-bond donors (Lipinski definition) is 0. The van der Waals surface area contributed by atoms with E-state index in [-0.39, 0.29) is 24.7 Å². The van der Waals surface area contributed by atoms with E-state index in [0.717, 1.165) is 16.7 Å². The first kappa shape index (κ1) is 25.0. The van der Waals surface area contributed by atoms with Crippen molar-refractivity contribution in [2.75, 3.05) is 19.8 Å². The zero-order valence-electron chi connectivity index (χ0n) is 17.9. The third kappa shape index (κ3) is 6.22. The van der Waals surface area contributed by atoms with Crippen LogP contribution in [0.3, 0.4) is 0 Å². The lowest BCUT2D eigenvalue weighted by Gasteiger charge is -2.14. The number of carbonyl (C=O) groups excluding carboxylic acids is 3. The highest BCUT2D eigenvalue weighted by Crippen LogP contribution is 2.37. The van der Waals surface area contributed by atoms with Crippen molar-refractivity contribution < 1.29 is 28.6 Å². The number of esters is 1. The lowest BCUT2D eigenvalue weighted by Crippen LogP contribution is -2.27. The van der Waals surface area contributed by atoms with Gasteiger partial charge in [-0.3, -0.25) is 14.5 Å². The number of ether oxygens (including phenoxy) is 3. The maximum atomic E-state index is 12.9. The van der Waals surface area contributed by atoms with Crippen LogP contribution in [0.25, 0.3) is 6.08 Å². The van der Waals surface area contributed by atoms with Crippen LogP contribution in [-0.4, -0.2) is 41.8 Å². The molecule has 1 saturated heterocycles. The number of imide groups is 1. The number of halogens is 2. The molecular weight excluding hydrogens is 489 g/mol. The van der Waals surface area contributed by atoms with E-state index in [1.165, 1.54) is 0 Å². The van der Waals surface area contributed by atoms with Crippen LogP contribution in [0.5, 0.6) is 11.5 Å². The van der Waals surface area contributed by atoms with Crippen LogP contribution in [0.15, 0.2) is 41.3 Å². The number of amides is 2. The summed E-state index contributed by atoms with van der Waals surface area (Å²) in [5, 5.41) is 0.345. The monoisotopic (exact) mass is 509 g/mol. The molecule has 1 fully saturated rings. The van der Waals surface area contributed by atoms with Crippen molar-refractivity contribution in [2.24, 2.45) is 0 Å². The summed E-state index contributed by atoms with van der Waals surface area (Å²) in [5.41, 5.74) is 1.13. The molecule has 0 spiro atoms. The van der Waals surface area contributed by atoms with E-state index < -0.39 is 17.1 Å². The fourth-order valence-electron chi connectivity index (χ4n) is 2.97. The summed E-state index contributed by atoms with van der Waals surface area (Å²) in [6.45, 7) is 3.88. The van der Waals surface area contributed by atoms with Crippen molar-refractivity contribution >= 4 is 58.2 Å². The third-order valence-electron chi connectivity index (χ3n) is 4.47. The van der Waals surface area contributed by atoms with Gasteiger partial charge in [0.1, 0.15) is 0 Å². The topological polar surface area (TPSA) is 82.1 Å². The highest BCUT2D eigenvalue weighted by atomic mass is 35.5. The molecule has 0 saturated carbocycles. The summed E-state index contributed by atoms with van der Waals surface area (Å²) in [6, 6.07) is 9.99. The Labute approximate surface area is 205 Å². The van der Waals surface area contributed by atoms with E-state index in [4.69, 9.17) is 37.4 Å². The molecule has 2 aromatic carbocycles. The van der Waals surface area contributed by atoms with Gasteiger partial charge in [-0.25, -0.2) is 4.79 Å². The predicted molar refractivity (Wildman–Crippen MR) is 128 cm³/mol. The van der Waals surface area contributed by atoms with Gasteiger partial charge in [0.15, 0.2) is 18.1 Å². The summed E-state index contributed by atoms with van der Waals surface area (Å²) in [5.74, 6) is -0.168. The van der Waals surface area contributed by atoms with Gasteiger partial charge in [-0.1, -0.05) is 35.3 Å². The first-order valence-corrected chi connectivity index (χ1v) is 11.6. The molecule has 0 N–H and O–H groups in total. The predicted octanol–water partition coefficient (Wildman–Crippen LogP) is 5.57. The summed E-state index contributed by atoms with van der Waals surface area (Å²) < 4.78 is 16.0. The van der Waals surface area contributed by atoms with Crippen LogP contribution in [0.2, 0.25) is 10.0 Å². The van der Waals surface area contributed by atoms with Crippen LogP contribution >= 0.6 is 35.0 Å². The van der Waals surface area contributed by atoms with Crippen LogP contribution < -0.4 is 9.47 Å². The maximum Gasteiger partial charge on any atom is 0.344 e. The molecule has 1 heterocycles. The molecule has 0 aromatic heterocycles. The van der Waals surface area contributed by atoms with Crippen molar-refractivity contribution in [3.05, 3.63) is 62.5 Å². The summed E-state index contributed by atoms with van der Waals surface area (Å²) in [4.78, 5) is 38.3. The first-order valence-electron chi connectivity index (χ1n) is 10.1. The Hall–Kier alpha value is -2.68. The van der Waals surface area contributed by atoms with E-state index in [9.17, 15) is 14.4 Å². The smallest absolute Gasteiger partial charge is 0.344 e. The molecule has 0 aliphatic carbocycles. The van der Waals surface area contributed by atoms with Crippen molar-refractivity contribution in [2.45, 2.75) is 20.4 Å². The molecule has 0 bridgehead atoms. The van der Waals surface area contributed by atoms with Gasteiger partial charge in [-0.15, -0.1) is 0 Å². The maximum absolute atomic E-state index is 12.9. The standard InChI is InChI=1S/C23H21Cl2NO6S/c1-3-30-19-10-14(8-9-18(19)32-13-21(27)31-4-2)11-20-22(28)26(23(29)33-20)12-15-16(24)6-5-7-17(15)25/h5-11H,3-4,12-13H2,1-2H3/b20-11-. The third-order valence-corrected chi connectivity index (χ3v) is 6.08. The zero-order chi connectivity index (χ0) is 24.0. The second kappa shape index (κ2) is 11.4. The van der Waals surface area contributed by atoms with Gasteiger partial charge < -0.3 is 14.2 Å². The van der Waals surface area contributed by atoms with Crippen LogP contribution in [0.4, 0.5) is 4.79 Å². The van der Waals surface area contributed by atoms with Gasteiger partial charge in [0.25, 0.3) is 11.1 Å². The number of hydrogen-bond acceptors (Lipinski definition) is 7. The Balaban J connectivity index is 1.79. The molecule has 2 aromatic rings. The normalized spacial score (nSPS) is 14.7. The minimum absolute atomic E-state index is 0.0225. The summed E-state index contributed by atoms with van der Waals surface area (Å²) in [7, 11) is 0. The fraction of sp³-hybridized carbons (Fsp3) is 0.261. The largest absolute Gasteiger partial charge is 0.490 e. The van der Waals surface area contributed by atoms with Crippen molar-refractivity contribution in [1.29, 1.82) is 0 Å².